The molecule has 0 aromatic heterocycles. The van der Waals surface area contributed by atoms with Gasteiger partial charge in [0.2, 0.25) is 0 Å². The molecule has 0 bridgehead atoms. The average molecular weight is 193 g/mol. The number of likely N-dealkylation sites (N-methyl/N-ethyl adjacent to an activating group) is 1. The van der Waals surface area contributed by atoms with E-state index in [1.165, 1.54) is 0 Å². The summed E-state index contributed by atoms with van der Waals surface area (Å²) in [5.41, 5.74) is 0.314. The van der Waals surface area contributed by atoms with E-state index in [2.05, 4.69) is 12.3 Å². The third-order valence-corrected chi connectivity index (χ3v) is 2.13. The van der Waals surface area contributed by atoms with E-state index in [0.29, 0.717) is 18.5 Å². The summed E-state index contributed by atoms with van der Waals surface area (Å²) in [6.07, 6.45) is 2.40. The minimum atomic E-state index is -0.371. The third-order valence-electron chi connectivity index (χ3n) is 2.13. The zero-order valence-electron chi connectivity index (χ0n) is 14.4. The SMILES string of the molecule is [2H]C#CCN(C)[C@H](C)Cc1c([2H])c([2H])c([2H])c([2H])c1[2H]. The van der Waals surface area contributed by atoms with Crippen molar-refractivity contribution in [2.75, 3.05) is 13.6 Å². The number of hydrogen-bond acceptors (Lipinski definition) is 1. The lowest BCUT2D eigenvalue weighted by molar-refractivity contribution is 0.287. The molecular formula is C13H17N. The van der Waals surface area contributed by atoms with Gasteiger partial charge >= 0.3 is 0 Å². The highest BCUT2D eigenvalue weighted by Gasteiger charge is 2.07. The summed E-state index contributed by atoms with van der Waals surface area (Å²) < 4.78 is 45.3. The van der Waals surface area contributed by atoms with Crippen molar-refractivity contribution < 1.29 is 8.22 Å². The van der Waals surface area contributed by atoms with Gasteiger partial charge in [-0.2, -0.15) is 0 Å². The highest BCUT2D eigenvalue weighted by molar-refractivity contribution is 5.15. The molecule has 0 aliphatic rings. The molecule has 1 aromatic carbocycles. The molecule has 74 valence electrons. The van der Waals surface area contributed by atoms with Crippen molar-refractivity contribution in [3.8, 4) is 12.3 Å². The number of nitrogens with zero attached hydrogens (tertiary/aromatic N) is 1. The van der Waals surface area contributed by atoms with Crippen molar-refractivity contribution in [1.82, 2.24) is 4.90 Å². The van der Waals surface area contributed by atoms with Gasteiger partial charge in [0.1, 0.15) is 1.37 Å². The van der Waals surface area contributed by atoms with E-state index in [1.54, 1.807) is 0 Å². The summed E-state index contributed by atoms with van der Waals surface area (Å²) in [6, 6.07) is -1.32. The molecule has 0 radical (unpaired) electrons. The number of terminal acetylenes is 1. The lowest BCUT2D eigenvalue weighted by Crippen LogP contribution is -2.31. The molecule has 0 aliphatic heterocycles. The third kappa shape index (κ3) is 3.24. The highest BCUT2D eigenvalue weighted by Crippen LogP contribution is 2.06. The van der Waals surface area contributed by atoms with Crippen molar-refractivity contribution >= 4 is 0 Å². The van der Waals surface area contributed by atoms with Crippen LogP contribution in [0.25, 0.3) is 0 Å². The Kier molecular flexibility index (Phi) is 1.95. The fourth-order valence-corrected chi connectivity index (χ4v) is 1.11. The Morgan fingerprint density at radius 3 is 2.93 bits per heavy atom. The fraction of sp³-hybridized carbons (Fsp3) is 0.385. The van der Waals surface area contributed by atoms with E-state index in [0.717, 1.165) is 0 Å². The predicted molar refractivity (Wildman–Crippen MR) is 61.1 cm³/mol. The Hall–Kier alpha value is -1.26. The van der Waals surface area contributed by atoms with Gasteiger partial charge in [-0.25, -0.2) is 0 Å². The molecule has 1 heteroatoms. The van der Waals surface area contributed by atoms with Crippen LogP contribution in [-0.2, 0) is 6.42 Å². The lowest BCUT2D eigenvalue weighted by Gasteiger charge is -2.22. The largest absolute Gasteiger partial charge is 0.292 e. The van der Waals surface area contributed by atoms with Gasteiger partial charge in [-0.05, 0) is 26.0 Å². The summed E-state index contributed by atoms with van der Waals surface area (Å²) in [4.78, 5) is 1.88. The molecule has 0 aliphatic carbocycles. The van der Waals surface area contributed by atoms with Gasteiger partial charge in [-0.15, -0.1) is 6.40 Å². The van der Waals surface area contributed by atoms with Crippen LogP contribution >= 0.6 is 0 Å². The second kappa shape index (κ2) is 5.47. The number of rotatable bonds is 4. The Labute approximate surface area is 95.2 Å². The Balaban J connectivity index is 3.06. The molecule has 0 fully saturated rings. The van der Waals surface area contributed by atoms with Gasteiger partial charge in [-0.1, -0.05) is 36.1 Å². The van der Waals surface area contributed by atoms with Crippen molar-refractivity contribution in [3.63, 3.8) is 0 Å². The van der Waals surface area contributed by atoms with Crippen molar-refractivity contribution in [3.05, 3.63) is 35.8 Å². The van der Waals surface area contributed by atoms with Crippen LogP contribution in [0.2, 0.25) is 0 Å². The highest BCUT2D eigenvalue weighted by atomic mass is 15.1. The van der Waals surface area contributed by atoms with Crippen LogP contribution in [0.3, 0.4) is 0 Å². The van der Waals surface area contributed by atoms with Crippen LogP contribution in [0, 0.1) is 12.3 Å². The number of hydrogen-bond donors (Lipinski definition) is 0. The van der Waals surface area contributed by atoms with Gasteiger partial charge in [0, 0.05) is 6.04 Å². The maximum absolute atomic E-state index is 7.86. The van der Waals surface area contributed by atoms with Crippen LogP contribution in [0.1, 0.15) is 20.7 Å². The van der Waals surface area contributed by atoms with E-state index in [-0.39, 0.29) is 36.3 Å². The summed E-state index contributed by atoms with van der Waals surface area (Å²) in [5, 5.41) is 0. The number of benzene rings is 1. The minimum Gasteiger partial charge on any atom is -0.292 e. The molecule has 14 heavy (non-hydrogen) atoms. The Morgan fingerprint density at radius 1 is 1.57 bits per heavy atom. The van der Waals surface area contributed by atoms with E-state index < -0.39 is 0 Å². The van der Waals surface area contributed by atoms with Crippen LogP contribution < -0.4 is 0 Å². The first-order chi connectivity index (χ1) is 9.31. The Morgan fingerprint density at radius 2 is 2.29 bits per heavy atom. The molecule has 0 heterocycles. The van der Waals surface area contributed by atoms with Crippen LogP contribution in [0.5, 0.6) is 0 Å². The van der Waals surface area contributed by atoms with E-state index in [9.17, 15) is 0 Å². The first-order valence-electron chi connectivity index (χ1n) is 7.46. The summed E-state index contributed by atoms with van der Waals surface area (Å²) in [6.45, 7) is 2.30. The van der Waals surface area contributed by atoms with Crippen molar-refractivity contribution in [2.45, 2.75) is 19.4 Å². The first kappa shape index (κ1) is 5.00. The molecule has 0 N–H and O–H groups in total. The second-order valence-electron chi connectivity index (χ2n) is 3.25. The van der Waals surface area contributed by atoms with Gasteiger partial charge < -0.3 is 0 Å². The van der Waals surface area contributed by atoms with Crippen LogP contribution in [0.15, 0.2) is 30.2 Å². The second-order valence-corrected chi connectivity index (χ2v) is 3.25. The Bertz CT molecular complexity index is 531. The molecule has 1 nitrogen and oxygen atoms in total. The molecule has 0 saturated carbocycles. The van der Waals surface area contributed by atoms with E-state index in [1.807, 2.05) is 18.9 Å². The predicted octanol–water partition coefficient (Wildman–Crippen LogP) is 2.18. The molecule has 1 atom stereocenters. The van der Waals surface area contributed by atoms with Gasteiger partial charge in [0.25, 0.3) is 0 Å². The zero-order chi connectivity index (χ0) is 15.4. The van der Waals surface area contributed by atoms with Gasteiger partial charge in [0.15, 0.2) is 0 Å². The van der Waals surface area contributed by atoms with Crippen LogP contribution in [0.4, 0.5) is 0 Å². The smallest absolute Gasteiger partial charge is 0.124 e. The van der Waals surface area contributed by atoms with E-state index in [4.69, 9.17) is 8.22 Å². The maximum atomic E-state index is 7.86. The minimum absolute atomic E-state index is 0.0422. The monoisotopic (exact) mass is 193 g/mol. The van der Waals surface area contributed by atoms with E-state index >= 15 is 0 Å². The summed E-state index contributed by atoms with van der Waals surface area (Å²) >= 11 is 0. The topological polar surface area (TPSA) is 3.24 Å². The summed E-state index contributed by atoms with van der Waals surface area (Å²) in [5.74, 6) is 2.62. The quantitative estimate of drug-likeness (QED) is 0.663. The molecular weight excluding hydrogens is 170 g/mol. The van der Waals surface area contributed by atoms with Crippen LogP contribution in [-0.4, -0.2) is 24.5 Å². The molecule has 0 saturated heterocycles. The molecule has 0 spiro atoms. The van der Waals surface area contributed by atoms with Gasteiger partial charge in [0.05, 0.1) is 13.4 Å². The normalized spacial score (nSPS) is 17.9. The lowest BCUT2D eigenvalue weighted by atomic mass is 10.1. The maximum Gasteiger partial charge on any atom is 0.124 e. The molecule has 1 rings (SSSR count). The van der Waals surface area contributed by atoms with Gasteiger partial charge in [-0.3, -0.25) is 4.90 Å². The molecule has 1 aromatic rings. The average Bonchev–Trinajstić information content (AvgIpc) is 2.44. The fourth-order valence-electron chi connectivity index (χ4n) is 1.11. The van der Waals surface area contributed by atoms with Crippen molar-refractivity contribution in [2.24, 2.45) is 0 Å². The summed E-state index contributed by atoms with van der Waals surface area (Å²) in [7, 11) is 1.82. The zero-order valence-corrected chi connectivity index (χ0v) is 8.44. The standard InChI is InChI=1S/C13H17N/c1-4-10-14(3)12(2)11-13-8-6-5-7-9-13/h1,5-9,12H,10-11H2,2-3H3/t12-/m1/s1/i1D,5D,6D,7D,8D,9D. The first-order valence-corrected chi connectivity index (χ1v) is 4.46. The van der Waals surface area contributed by atoms with Crippen molar-refractivity contribution in [1.29, 1.82) is 0 Å². The molecule has 0 unspecified atom stereocenters. The molecule has 0 amide bonds.